The molecule has 29 heavy (non-hydrogen) atoms. The molecule has 0 radical (unpaired) electrons. The Morgan fingerprint density at radius 1 is 1.10 bits per heavy atom. The van der Waals surface area contributed by atoms with Crippen molar-refractivity contribution in [1.29, 1.82) is 0 Å². The zero-order valence-corrected chi connectivity index (χ0v) is 17.0. The van der Waals surface area contributed by atoms with Gasteiger partial charge in [0.05, 0.1) is 16.6 Å². The third kappa shape index (κ3) is 5.22. The molecule has 1 aliphatic rings. The zero-order valence-electron chi connectivity index (χ0n) is 16.3. The van der Waals surface area contributed by atoms with Crippen LogP contribution in [0.2, 0.25) is 5.02 Å². The molecule has 1 heterocycles. The maximum Gasteiger partial charge on any atom is 0.417 e. The van der Waals surface area contributed by atoms with Crippen LogP contribution >= 0.6 is 11.6 Å². The highest BCUT2D eigenvalue weighted by Gasteiger charge is 2.34. The molecule has 1 saturated heterocycles. The van der Waals surface area contributed by atoms with Crippen molar-refractivity contribution in [2.75, 3.05) is 36.4 Å². The summed E-state index contributed by atoms with van der Waals surface area (Å²) >= 11 is 5.63. The van der Waals surface area contributed by atoms with Gasteiger partial charge < -0.3 is 10.2 Å². The first-order valence-electron chi connectivity index (χ1n) is 9.38. The highest BCUT2D eigenvalue weighted by Crippen LogP contribution is 2.36. The minimum Gasteiger partial charge on any atom is -0.369 e. The van der Waals surface area contributed by atoms with E-state index in [1.54, 1.807) is 6.92 Å². The number of halogens is 4. The van der Waals surface area contributed by atoms with Crippen molar-refractivity contribution in [2.45, 2.75) is 26.1 Å². The average molecular weight is 426 g/mol. The standard InChI is InChI=1S/C21H23ClF3N3O/c1-14-4-3-5-17(12-14)28-10-8-27(9-11-28)15(2)20(29)26-16-6-7-19(22)18(13-16)21(23,24)25/h3-7,12-13,15H,8-11H2,1-2H3,(H,26,29). The number of hydrogen-bond donors (Lipinski definition) is 1. The number of carbonyl (C=O) groups is 1. The Balaban J connectivity index is 1.60. The van der Waals surface area contributed by atoms with Gasteiger partial charge in [-0.05, 0) is 49.7 Å². The number of carbonyl (C=O) groups excluding carboxylic acids is 1. The molecule has 1 N–H and O–H groups in total. The fourth-order valence-electron chi connectivity index (χ4n) is 3.42. The van der Waals surface area contributed by atoms with Crippen LogP contribution < -0.4 is 10.2 Å². The number of hydrogen-bond acceptors (Lipinski definition) is 3. The van der Waals surface area contributed by atoms with E-state index in [1.807, 2.05) is 24.0 Å². The van der Waals surface area contributed by atoms with Crippen molar-refractivity contribution in [3.05, 3.63) is 58.6 Å². The fourth-order valence-corrected chi connectivity index (χ4v) is 3.65. The summed E-state index contributed by atoms with van der Waals surface area (Å²) < 4.78 is 39.0. The Hall–Kier alpha value is -2.25. The monoisotopic (exact) mass is 425 g/mol. The van der Waals surface area contributed by atoms with Crippen LogP contribution in [0, 0.1) is 6.92 Å². The molecule has 1 unspecified atom stereocenters. The maximum absolute atomic E-state index is 13.0. The molecule has 3 rings (SSSR count). The molecular formula is C21H23ClF3N3O. The predicted octanol–water partition coefficient (Wildman–Crippen LogP) is 4.82. The van der Waals surface area contributed by atoms with Gasteiger partial charge in [-0.1, -0.05) is 23.7 Å². The topological polar surface area (TPSA) is 35.6 Å². The minimum absolute atomic E-state index is 0.0805. The second-order valence-corrected chi connectivity index (χ2v) is 7.63. The second kappa shape index (κ2) is 8.63. The lowest BCUT2D eigenvalue weighted by atomic mass is 10.1. The Kier molecular flexibility index (Phi) is 6.39. The fraction of sp³-hybridized carbons (Fsp3) is 0.381. The third-order valence-corrected chi connectivity index (χ3v) is 5.48. The summed E-state index contributed by atoms with van der Waals surface area (Å²) in [5.74, 6) is -0.343. The third-order valence-electron chi connectivity index (χ3n) is 5.15. The van der Waals surface area contributed by atoms with Crippen molar-refractivity contribution >= 4 is 28.9 Å². The van der Waals surface area contributed by atoms with Crippen LogP contribution in [-0.2, 0) is 11.0 Å². The van der Waals surface area contributed by atoms with Crippen molar-refractivity contribution in [3.8, 4) is 0 Å². The maximum atomic E-state index is 13.0. The van der Waals surface area contributed by atoms with Gasteiger partial charge >= 0.3 is 6.18 Å². The molecule has 0 saturated carbocycles. The van der Waals surface area contributed by atoms with Crippen LogP contribution in [0.15, 0.2) is 42.5 Å². The van der Waals surface area contributed by atoms with Gasteiger partial charge in [0.2, 0.25) is 5.91 Å². The van der Waals surface area contributed by atoms with Gasteiger partial charge in [0.25, 0.3) is 0 Å². The molecule has 0 aliphatic carbocycles. The van der Waals surface area contributed by atoms with Crippen LogP contribution in [0.25, 0.3) is 0 Å². The Morgan fingerprint density at radius 3 is 2.41 bits per heavy atom. The van der Waals surface area contributed by atoms with Gasteiger partial charge in [-0.15, -0.1) is 0 Å². The molecule has 8 heteroatoms. The molecule has 1 fully saturated rings. The van der Waals surface area contributed by atoms with Gasteiger partial charge in [0.15, 0.2) is 0 Å². The predicted molar refractivity (Wildman–Crippen MR) is 110 cm³/mol. The van der Waals surface area contributed by atoms with E-state index >= 15 is 0 Å². The lowest BCUT2D eigenvalue weighted by Gasteiger charge is -2.38. The van der Waals surface area contributed by atoms with Gasteiger partial charge in [-0.3, -0.25) is 9.69 Å². The lowest BCUT2D eigenvalue weighted by molar-refractivity contribution is -0.137. The Morgan fingerprint density at radius 2 is 1.79 bits per heavy atom. The van der Waals surface area contributed by atoms with E-state index in [2.05, 4.69) is 22.3 Å². The number of nitrogens with one attached hydrogen (secondary N) is 1. The molecule has 0 spiro atoms. The van der Waals surface area contributed by atoms with Gasteiger partial charge in [-0.2, -0.15) is 13.2 Å². The van der Waals surface area contributed by atoms with Crippen molar-refractivity contribution in [2.24, 2.45) is 0 Å². The van der Waals surface area contributed by atoms with Crippen LogP contribution in [0.1, 0.15) is 18.1 Å². The number of rotatable bonds is 4. The molecule has 4 nitrogen and oxygen atoms in total. The zero-order chi connectivity index (χ0) is 21.2. The van der Waals surface area contributed by atoms with E-state index in [0.717, 1.165) is 30.9 Å². The van der Waals surface area contributed by atoms with Gasteiger partial charge in [0, 0.05) is 37.6 Å². The van der Waals surface area contributed by atoms with Crippen LogP contribution in [0.3, 0.4) is 0 Å². The molecule has 1 amide bonds. The molecule has 0 aromatic heterocycles. The van der Waals surface area contributed by atoms with Crippen LogP contribution in [-0.4, -0.2) is 43.0 Å². The van der Waals surface area contributed by atoms with E-state index in [9.17, 15) is 18.0 Å². The molecule has 1 aliphatic heterocycles. The van der Waals surface area contributed by atoms with Crippen molar-refractivity contribution in [1.82, 2.24) is 4.90 Å². The molecule has 2 aromatic carbocycles. The SMILES string of the molecule is Cc1cccc(N2CCN(C(C)C(=O)Nc3ccc(Cl)c(C(F)(F)F)c3)CC2)c1. The first-order chi connectivity index (χ1) is 13.6. The number of nitrogens with zero attached hydrogens (tertiary/aromatic N) is 2. The summed E-state index contributed by atoms with van der Waals surface area (Å²) in [5.41, 5.74) is 1.47. The summed E-state index contributed by atoms with van der Waals surface area (Å²) in [5, 5.41) is 2.18. The lowest BCUT2D eigenvalue weighted by Crippen LogP contribution is -2.52. The van der Waals surface area contributed by atoms with E-state index in [4.69, 9.17) is 11.6 Å². The molecule has 2 aromatic rings. The molecule has 156 valence electrons. The smallest absolute Gasteiger partial charge is 0.369 e. The van der Waals surface area contributed by atoms with E-state index in [-0.39, 0.29) is 11.6 Å². The van der Waals surface area contributed by atoms with Gasteiger partial charge in [-0.25, -0.2) is 0 Å². The number of anilines is 2. The van der Waals surface area contributed by atoms with E-state index in [0.29, 0.717) is 13.1 Å². The molecular weight excluding hydrogens is 403 g/mol. The van der Waals surface area contributed by atoms with Crippen molar-refractivity contribution < 1.29 is 18.0 Å². The van der Waals surface area contributed by atoms with Crippen LogP contribution in [0.4, 0.5) is 24.5 Å². The van der Waals surface area contributed by atoms with E-state index in [1.165, 1.54) is 11.6 Å². The number of aryl methyl sites for hydroxylation is 1. The summed E-state index contributed by atoms with van der Waals surface area (Å²) in [6.45, 7) is 6.75. The van der Waals surface area contributed by atoms with Crippen molar-refractivity contribution in [3.63, 3.8) is 0 Å². The first kappa shape index (κ1) is 21.5. The minimum atomic E-state index is -4.57. The number of benzene rings is 2. The Labute approximate surface area is 173 Å². The average Bonchev–Trinajstić information content (AvgIpc) is 2.68. The highest BCUT2D eigenvalue weighted by atomic mass is 35.5. The highest BCUT2D eigenvalue weighted by molar-refractivity contribution is 6.31. The largest absolute Gasteiger partial charge is 0.417 e. The number of alkyl halides is 3. The second-order valence-electron chi connectivity index (χ2n) is 7.22. The molecule has 0 bridgehead atoms. The normalized spacial score (nSPS) is 16.6. The van der Waals surface area contributed by atoms with Crippen LogP contribution in [0.5, 0.6) is 0 Å². The molecule has 1 atom stereocenters. The Bertz CT molecular complexity index is 880. The summed E-state index contributed by atoms with van der Waals surface area (Å²) in [4.78, 5) is 16.9. The van der Waals surface area contributed by atoms with Gasteiger partial charge in [0.1, 0.15) is 0 Å². The number of amides is 1. The number of piperazine rings is 1. The first-order valence-corrected chi connectivity index (χ1v) is 9.76. The quantitative estimate of drug-likeness (QED) is 0.763. The summed E-state index contributed by atoms with van der Waals surface area (Å²) in [7, 11) is 0. The van der Waals surface area contributed by atoms with E-state index < -0.39 is 22.8 Å². The summed E-state index contributed by atoms with van der Waals surface area (Å²) in [6.07, 6.45) is -4.57. The summed E-state index contributed by atoms with van der Waals surface area (Å²) in [6, 6.07) is 11.2.